The second kappa shape index (κ2) is 11.1. The van der Waals surface area contributed by atoms with Crippen LogP contribution >= 0.6 is 22.7 Å². The molecule has 55 heavy (non-hydrogen) atoms. The SMILES string of the molecule is c1ccc(-c2ccc(N3c4ccc(-c5ccccc5)cc4B4c5c(cc6c(sc7ccccc76)c53)-c3cccc5c6c7ccccc7sc6n4c35)cc2)cc1. The molecule has 5 heteroatoms. The molecule has 3 aromatic heterocycles. The quantitative estimate of drug-likeness (QED) is 0.164. The zero-order valence-electron chi connectivity index (χ0n) is 29.5. The number of aromatic nitrogens is 1. The van der Waals surface area contributed by atoms with Gasteiger partial charge in [-0.1, -0.05) is 140 Å². The molecule has 0 N–H and O–H groups in total. The van der Waals surface area contributed by atoms with Crippen LogP contribution in [-0.2, 0) is 0 Å². The van der Waals surface area contributed by atoms with Gasteiger partial charge in [-0.3, -0.25) is 0 Å². The van der Waals surface area contributed by atoms with Gasteiger partial charge in [-0.05, 0) is 75.1 Å². The Labute approximate surface area is 325 Å². The van der Waals surface area contributed by atoms with Crippen LogP contribution in [-0.4, -0.2) is 11.3 Å². The number of nitrogens with zero attached hydrogens (tertiary/aromatic N) is 2. The van der Waals surface area contributed by atoms with Gasteiger partial charge < -0.3 is 9.38 Å². The van der Waals surface area contributed by atoms with Crippen LogP contribution in [0.15, 0.2) is 176 Å². The molecule has 5 heterocycles. The van der Waals surface area contributed by atoms with Gasteiger partial charge in [0.25, 0.3) is 0 Å². The van der Waals surface area contributed by atoms with Gasteiger partial charge in [0.05, 0.1) is 15.2 Å². The first-order chi connectivity index (χ1) is 27.3. The minimum atomic E-state index is -0.0129. The van der Waals surface area contributed by atoms with E-state index in [0.29, 0.717) is 0 Å². The van der Waals surface area contributed by atoms with Crippen molar-refractivity contribution in [2.75, 3.05) is 4.90 Å². The summed E-state index contributed by atoms with van der Waals surface area (Å²) in [6.07, 6.45) is 0. The molecule has 0 saturated heterocycles. The highest BCUT2D eigenvalue weighted by Crippen LogP contribution is 2.52. The molecule has 0 spiro atoms. The molecule has 2 aliphatic heterocycles. The molecular formula is C50H29BN2S2. The average molecular weight is 733 g/mol. The number of hydrogen-bond donors (Lipinski definition) is 0. The zero-order chi connectivity index (χ0) is 35.8. The molecule has 0 unspecified atom stereocenters. The van der Waals surface area contributed by atoms with Crippen LogP contribution in [0.25, 0.3) is 84.8 Å². The van der Waals surface area contributed by atoms with Crippen molar-refractivity contribution >= 4 is 109 Å². The lowest BCUT2D eigenvalue weighted by Gasteiger charge is -2.41. The molecule has 0 amide bonds. The van der Waals surface area contributed by atoms with Crippen LogP contribution in [0, 0.1) is 0 Å². The lowest BCUT2D eigenvalue weighted by Crippen LogP contribution is -2.56. The van der Waals surface area contributed by atoms with E-state index in [9.17, 15) is 0 Å². The van der Waals surface area contributed by atoms with Gasteiger partial charge in [-0.2, -0.15) is 0 Å². The summed E-state index contributed by atoms with van der Waals surface area (Å²) in [6, 6.07) is 65.5. The highest BCUT2D eigenvalue weighted by molar-refractivity contribution is 7.27. The smallest absolute Gasteiger partial charge is 0.333 e. The number of rotatable bonds is 3. The van der Waals surface area contributed by atoms with Crippen molar-refractivity contribution in [3.05, 3.63) is 176 Å². The van der Waals surface area contributed by atoms with Crippen molar-refractivity contribution in [3.8, 4) is 33.4 Å². The maximum absolute atomic E-state index is 2.72. The lowest BCUT2D eigenvalue weighted by molar-refractivity contribution is 1.27. The van der Waals surface area contributed by atoms with Crippen molar-refractivity contribution in [2.24, 2.45) is 0 Å². The number of fused-ring (bicyclic) bond motifs is 13. The van der Waals surface area contributed by atoms with E-state index in [1.165, 1.54) is 113 Å². The minimum Gasteiger partial charge on any atom is -0.367 e. The minimum absolute atomic E-state index is 0.0129. The predicted octanol–water partition coefficient (Wildman–Crippen LogP) is 13.1. The number of thiophene rings is 2. The lowest BCUT2D eigenvalue weighted by atomic mass is 9.45. The van der Waals surface area contributed by atoms with Gasteiger partial charge >= 0.3 is 6.85 Å². The van der Waals surface area contributed by atoms with Crippen molar-refractivity contribution < 1.29 is 0 Å². The van der Waals surface area contributed by atoms with Gasteiger partial charge in [0, 0.05) is 58.8 Å². The maximum Gasteiger partial charge on any atom is 0.333 e. The maximum atomic E-state index is 2.72. The van der Waals surface area contributed by atoms with Gasteiger partial charge in [0.2, 0.25) is 0 Å². The third kappa shape index (κ3) is 4.04. The van der Waals surface area contributed by atoms with E-state index in [-0.39, 0.29) is 6.85 Å². The van der Waals surface area contributed by atoms with Crippen molar-refractivity contribution in [1.82, 2.24) is 4.48 Å². The Bertz CT molecular complexity index is 3380. The third-order valence-corrected chi connectivity index (χ3v) is 14.3. The van der Waals surface area contributed by atoms with Crippen LogP contribution in [0.3, 0.4) is 0 Å². The molecule has 0 bridgehead atoms. The van der Waals surface area contributed by atoms with Crippen LogP contribution in [0.2, 0.25) is 0 Å². The average Bonchev–Trinajstić information content (AvgIpc) is 3.92. The molecule has 11 aromatic rings. The first kappa shape index (κ1) is 30.0. The van der Waals surface area contributed by atoms with Gasteiger partial charge in [0.15, 0.2) is 0 Å². The number of anilines is 3. The van der Waals surface area contributed by atoms with Gasteiger partial charge in [0.1, 0.15) is 0 Å². The summed E-state index contributed by atoms with van der Waals surface area (Å²) in [6.45, 7) is -0.0129. The normalized spacial score (nSPS) is 13.0. The Morgan fingerprint density at radius 1 is 0.455 bits per heavy atom. The van der Waals surface area contributed by atoms with Crippen molar-refractivity contribution in [3.63, 3.8) is 0 Å². The molecule has 0 atom stereocenters. The van der Waals surface area contributed by atoms with E-state index < -0.39 is 0 Å². The predicted molar refractivity (Wildman–Crippen MR) is 239 cm³/mol. The topological polar surface area (TPSA) is 8.17 Å². The summed E-state index contributed by atoms with van der Waals surface area (Å²) in [5.74, 6) is 0. The Morgan fingerprint density at radius 2 is 1.09 bits per heavy atom. The van der Waals surface area contributed by atoms with Crippen molar-refractivity contribution in [2.45, 2.75) is 0 Å². The Balaban J connectivity index is 1.20. The first-order valence-corrected chi connectivity index (χ1v) is 20.5. The Morgan fingerprint density at radius 3 is 1.87 bits per heavy atom. The molecular weight excluding hydrogens is 704 g/mol. The highest BCUT2D eigenvalue weighted by Gasteiger charge is 2.44. The number of hydrogen-bond acceptors (Lipinski definition) is 3. The zero-order valence-corrected chi connectivity index (χ0v) is 31.2. The second-order valence-corrected chi connectivity index (χ2v) is 16.9. The summed E-state index contributed by atoms with van der Waals surface area (Å²) in [5, 5.41) is 6.71. The fourth-order valence-corrected chi connectivity index (χ4v) is 12.1. The summed E-state index contributed by atoms with van der Waals surface area (Å²) in [4.78, 5) is 3.93. The molecule has 0 aliphatic carbocycles. The summed E-state index contributed by atoms with van der Waals surface area (Å²) in [7, 11) is 0. The van der Waals surface area contributed by atoms with E-state index in [4.69, 9.17) is 0 Å². The summed E-state index contributed by atoms with van der Waals surface area (Å²) >= 11 is 3.87. The molecule has 254 valence electrons. The molecule has 0 radical (unpaired) electrons. The fraction of sp³-hybridized carbons (Fsp3) is 0. The molecule has 2 aliphatic rings. The summed E-state index contributed by atoms with van der Waals surface area (Å²) < 4.78 is 6.72. The van der Waals surface area contributed by atoms with E-state index >= 15 is 0 Å². The van der Waals surface area contributed by atoms with Gasteiger partial charge in [-0.15, -0.1) is 22.7 Å². The van der Waals surface area contributed by atoms with Crippen LogP contribution in [0.1, 0.15) is 0 Å². The monoisotopic (exact) mass is 732 g/mol. The largest absolute Gasteiger partial charge is 0.367 e. The first-order valence-electron chi connectivity index (χ1n) is 18.9. The Kier molecular flexibility index (Phi) is 6.04. The van der Waals surface area contributed by atoms with Gasteiger partial charge in [-0.25, -0.2) is 0 Å². The molecule has 0 fully saturated rings. The van der Waals surface area contributed by atoms with Crippen LogP contribution in [0.4, 0.5) is 17.1 Å². The van der Waals surface area contributed by atoms with E-state index in [0.717, 1.165) is 0 Å². The van der Waals surface area contributed by atoms with E-state index in [1.807, 2.05) is 22.7 Å². The number of para-hydroxylation sites is 1. The van der Waals surface area contributed by atoms with Crippen molar-refractivity contribution in [1.29, 1.82) is 0 Å². The molecule has 8 aromatic carbocycles. The fourth-order valence-electron chi connectivity index (χ4n) is 9.64. The van der Waals surface area contributed by atoms with Crippen LogP contribution in [0.5, 0.6) is 0 Å². The molecule has 0 saturated carbocycles. The molecule has 13 rings (SSSR count). The van der Waals surface area contributed by atoms with Crippen LogP contribution < -0.4 is 15.8 Å². The van der Waals surface area contributed by atoms with E-state index in [2.05, 4.69) is 185 Å². The standard InChI is InChI=1S/C50H29BN2S2/c1-3-12-30(13-4-1)32-22-25-34(26-23-32)52-42-27-24-33(31-14-5-2-6-15-31)28-41(42)51-46-39(29-40-35-16-7-9-20-43(35)54-49(40)48(46)52)36-18-11-19-38-45-37-17-8-10-21-44(37)55-50(45)53(51)47(36)38/h1-29H. The molecule has 2 nitrogen and oxygen atoms in total. The third-order valence-electron chi connectivity index (χ3n) is 12.0. The summed E-state index contributed by atoms with van der Waals surface area (Å²) in [5.41, 5.74) is 15.3. The Hall–Kier alpha value is -6.40. The second-order valence-electron chi connectivity index (χ2n) is 14.8. The van der Waals surface area contributed by atoms with E-state index in [1.54, 1.807) is 0 Å². The highest BCUT2D eigenvalue weighted by atomic mass is 32.1. The number of benzene rings is 8.